The Morgan fingerprint density at radius 3 is 2.88 bits per heavy atom. The van der Waals surface area contributed by atoms with Crippen molar-refractivity contribution < 1.29 is 21.7 Å². The SMILES string of the molecule is CCCc1cc([C@H]2CCCN2S(=O)(=O)c2cc(F)ccc2F)no1. The molecule has 0 amide bonds. The van der Waals surface area contributed by atoms with E-state index in [-0.39, 0.29) is 6.54 Å². The molecule has 3 rings (SSSR count). The van der Waals surface area contributed by atoms with Crippen molar-refractivity contribution in [3.63, 3.8) is 0 Å². The lowest BCUT2D eigenvalue weighted by Gasteiger charge is -2.22. The Kier molecular flexibility index (Phi) is 4.69. The molecule has 1 aliphatic heterocycles. The van der Waals surface area contributed by atoms with Crippen molar-refractivity contribution >= 4 is 10.0 Å². The molecular formula is C16H18F2N2O3S. The number of nitrogens with zero attached hydrogens (tertiary/aromatic N) is 2. The number of benzene rings is 1. The highest BCUT2D eigenvalue weighted by molar-refractivity contribution is 7.89. The van der Waals surface area contributed by atoms with Gasteiger partial charge in [-0.2, -0.15) is 4.31 Å². The second-order valence-electron chi connectivity index (χ2n) is 5.82. The van der Waals surface area contributed by atoms with Gasteiger partial charge in [0.05, 0.1) is 6.04 Å². The fourth-order valence-electron chi connectivity index (χ4n) is 2.97. The van der Waals surface area contributed by atoms with Crippen LogP contribution in [0.3, 0.4) is 0 Å². The van der Waals surface area contributed by atoms with Crippen molar-refractivity contribution in [1.29, 1.82) is 0 Å². The van der Waals surface area contributed by atoms with Crippen molar-refractivity contribution in [2.45, 2.75) is 43.5 Å². The summed E-state index contributed by atoms with van der Waals surface area (Å²) in [7, 11) is -4.16. The highest BCUT2D eigenvalue weighted by atomic mass is 32.2. The number of halogens is 2. The predicted octanol–water partition coefficient (Wildman–Crippen LogP) is 3.43. The van der Waals surface area contributed by atoms with E-state index in [2.05, 4.69) is 5.16 Å². The normalized spacial score (nSPS) is 19.0. The number of aromatic nitrogens is 1. The monoisotopic (exact) mass is 356 g/mol. The maximum atomic E-state index is 13.9. The number of rotatable bonds is 5. The molecule has 5 nitrogen and oxygen atoms in total. The minimum absolute atomic E-state index is 0.235. The summed E-state index contributed by atoms with van der Waals surface area (Å²) in [5, 5.41) is 3.97. The van der Waals surface area contributed by atoms with Gasteiger partial charge in [0.2, 0.25) is 10.0 Å². The zero-order chi connectivity index (χ0) is 17.3. The first kappa shape index (κ1) is 17.0. The Morgan fingerprint density at radius 1 is 1.33 bits per heavy atom. The summed E-state index contributed by atoms with van der Waals surface area (Å²) in [6.07, 6.45) is 2.78. The van der Waals surface area contributed by atoms with Gasteiger partial charge in [-0.25, -0.2) is 17.2 Å². The summed E-state index contributed by atoms with van der Waals surface area (Å²) >= 11 is 0. The van der Waals surface area contributed by atoms with Crippen molar-refractivity contribution in [3.05, 3.63) is 47.4 Å². The van der Waals surface area contributed by atoms with Crippen LogP contribution in [0, 0.1) is 11.6 Å². The molecule has 130 valence electrons. The van der Waals surface area contributed by atoms with E-state index in [1.54, 1.807) is 6.07 Å². The molecule has 1 fully saturated rings. The van der Waals surface area contributed by atoms with Gasteiger partial charge in [-0.15, -0.1) is 0 Å². The summed E-state index contributed by atoms with van der Waals surface area (Å²) in [6, 6.07) is 3.65. The highest BCUT2D eigenvalue weighted by Crippen LogP contribution is 2.37. The van der Waals surface area contributed by atoms with E-state index >= 15 is 0 Å². The lowest BCUT2D eigenvalue weighted by molar-refractivity contribution is 0.342. The first-order valence-corrected chi connectivity index (χ1v) is 9.30. The van der Waals surface area contributed by atoms with E-state index in [1.807, 2.05) is 6.92 Å². The van der Waals surface area contributed by atoms with Crippen molar-refractivity contribution in [2.75, 3.05) is 6.54 Å². The average molecular weight is 356 g/mol. The van der Waals surface area contributed by atoms with E-state index in [0.29, 0.717) is 36.8 Å². The van der Waals surface area contributed by atoms with Crippen LogP contribution >= 0.6 is 0 Å². The Labute approximate surface area is 139 Å². The van der Waals surface area contributed by atoms with Crippen LogP contribution in [-0.4, -0.2) is 24.4 Å². The van der Waals surface area contributed by atoms with Crippen LogP contribution in [0.4, 0.5) is 8.78 Å². The molecule has 0 aliphatic carbocycles. The van der Waals surface area contributed by atoms with E-state index < -0.39 is 32.6 Å². The zero-order valence-corrected chi connectivity index (χ0v) is 14.0. The van der Waals surface area contributed by atoms with Crippen molar-refractivity contribution in [2.24, 2.45) is 0 Å². The maximum absolute atomic E-state index is 13.9. The summed E-state index contributed by atoms with van der Waals surface area (Å²) in [5.41, 5.74) is 0.510. The maximum Gasteiger partial charge on any atom is 0.246 e. The van der Waals surface area contributed by atoms with E-state index in [4.69, 9.17) is 4.52 Å². The molecule has 0 radical (unpaired) electrons. The third-order valence-corrected chi connectivity index (χ3v) is 6.02. The number of aryl methyl sites for hydroxylation is 1. The molecule has 1 aromatic heterocycles. The molecule has 2 heterocycles. The van der Waals surface area contributed by atoms with Gasteiger partial charge in [-0.05, 0) is 37.5 Å². The second kappa shape index (κ2) is 6.60. The smallest absolute Gasteiger partial charge is 0.246 e. The molecule has 0 bridgehead atoms. The molecule has 24 heavy (non-hydrogen) atoms. The standard InChI is InChI=1S/C16H18F2N2O3S/c1-2-4-12-10-14(19-23-12)15-5-3-8-20(15)24(21,22)16-9-11(17)6-7-13(16)18/h6-7,9-10,15H,2-5,8H2,1H3/t15-/m1/s1. The highest BCUT2D eigenvalue weighted by Gasteiger charge is 2.39. The first-order valence-electron chi connectivity index (χ1n) is 7.86. The van der Waals surface area contributed by atoms with Crippen LogP contribution in [0.15, 0.2) is 33.7 Å². The van der Waals surface area contributed by atoms with E-state index in [1.165, 1.54) is 4.31 Å². The van der Waals surface area contributed by atoms with E-state index in [9.17, 15) is 17.2 Å². The number of hydrogen-bond acceptors (Lipinski definition) is 4. The first-order chi connectivity index (χ1) is 11.4. The van der Waals surface area contributed by atoms with Gasteiger partial charge in [0.1, 0.15) is 28.0 Å². The summed E-state index contributed by atoms with van der Waals surface area (Å²) in [6.45, 7) is 2.24. The van der Waals surface area contributed by atoms with Crippen molar-refractivity contribution in [1.82, 2.24) is 9.46 Å². The third kappa shape index (κ3) is 3.08. The lowest BCUT2D eigenvalue weighted by Crippen LogP contribution is -2.31. The molecule has 0 spiro atoms. The molecule has 8 heteroatoms. The quantitative estimate of drug-likeness (QED) is 0.823. The van der Waals surface area contributed by atoms with Gasteiger partial charge in [-0.1, -0.05) is 12.1 Å². The Hall–Kier alpha value is -1.80. The molecule has 0 unspecified atom stereocenters. The number of sulfonamides is 1. The van der Waals surface area contributed by atoms with Crippen LogP contribution in [0.2, 0.25) is 0 Å². The molecular weight excluding hydrogens is 338 g/mol. The van der Waals surface area contributed by atoms with Gasteiger partial charge in [0.25, 0.3) is 0 Å². The van der Waals surface area contributed by atoms with Crippen molar-refractivity contribution in [3.8, 4) is 0 Å². The summed E-state index contributed by atoms with van der Waals surface area (Å²) < 4.78 is 59.3. The number of hydrogen-bond donors (Lipinski definition) is 0. The second-order valence-corrected chi connectivity index (χ2v) is 7.68. The zero-order valence-electron chi connectivity index (χ0n) is 13.2. The Morgan fingerprint density at radius 2 is 2.12 bits per heavy atom. The molecule has 2 aromatic rings. The van der Waals surface area contributed by atoms with Crippen LogP contribution in [0.5, 0.6) is 0 Å². The summed E-state index contributed by atoms with van der Waals surface area (Å²) in [5.74, 6) is -1.07. The molecule has 1 aliphatic rings. The fraction of sp³-hybridized carbons (Fsp3) is 0.438. The van der Waals surface area contributed by atoms with Gasteiger partial charge >= 0.3 is 0 Å². The van der Waals surface area contributed by atoms with Crippen LogP contribution in [-0.2, 0) is 16.4 Å². The van der Waals surface area contributed by atoms with Crippen LogP contribution < -0.4 is 0 Å². The minimum Gasteiger partial charge on any atom is -0.361 e. The topological polar surface area (TPSA) is 63.4 Å². The fourth-order valence-corrected chi connectivity index (χ4v) is 4.72. The third-order valence-electron chi connectivity index (χ3n) is 4.10. The van der Waals surface area contributed by atoms with E-state index in [0.717, 1.165) is 18.6 Å². The summed E-state index contributed by atoms with van der Waals surface area (Å²) in [4.78, 5) is -0.647. The minimum atomic E-state index is -4.16. The molecule has 1 atom stereocenters. The van der Waals surface area contributed by atoms with Gasteiger partial charge < -0.3 is 4.52 Å². The molecule has 0 saturated carbocycles. The largest absolute Gasteiger partial charge is 0.361 e. The van der Waals surface area contributed by atoms with Gasteiger partial charge in [0, 0.05) is 19.0 Å². The molecule has 1 aromatic carbocycles. The predicted molar refractivity (Wildman–Crippen MR) is 82.7 cm³/mol. The average Bonchev–Trinajstić information content (AvgIpc) is 3.18. The Balaban J connectivity index is 1.95. The van der Waals surface area contributed by atoms with Crippen LogP contribution in [0.1, 0.15) is 43.7 Å². The Bertz CT molecular complexity index is 836. The lowest BCUT2D eigenvalue weighted by atomic mass is 10.1. The van der Waals surface area contributed by atoms with Gasteiger partial charge in [-0.3, -0.25) is 0 Å². The van der Waals surface area contributed by atoms with Gasteiger partial charge in [0.15, 0.2) is 0 Å². The van der Waals surface area contributed by atoms with Crippen LogP contribution in [0.25, 0.3) is 0 Å². The molecule has 1 saturated heterocycles. The molecule has 0 N–H and O–H groups in total.